The molecule has 8 heteroatoms. The molecule has 126 valence electrons. The van der Waals surface area contributed by atoms with E-state index in [2.05, 4.69) is 15.3 Å². The minimum atomic E-state index is -3.12. The molecule has 2 aliphatic heterocycles. The first-order valence-electron chi connectivity index (χ1n) is 8.24. The van der Waals surface area contributed by atoms with Gasteiger partial charge in [0, 0.05) is 31.9 Å². The maximum atomic E-state index is 12.5. The van der Waals surface area contributed by atoms with Crippen LogP contribution in [0.25, 0.3) is 0 Å². The summed E-state index contributed by atoms with van der Waals surface area (Å²) in [7, 11) is -3.12. The molecular formula is C15H22N4O3S. The Morgan fingerprint density at radius 1 is 1.30 bits per heavy atom. The van der Waals surface area contributed by atoms with Crippen LogP contribution in [0.4, 0.5) is 5.95 Å². The molecule has 1 aromatic rings. The van der Waals surface area contributed by atoms with Crippen LogP contribution in [0, 0.1) is 0 Å². The van der Waals surface area contributed by atoms with Gasteiger partial charge < -0.3 is 10.1 Å². The van der Waals surface area contributed by atoms with Crippen LogP contribution in [0.15, 0.2) is 18.5 Å². The summed E-state index contributed by atoms with van der Waals surface area (Å²) in [5.41, 5.74) is -0.355. The Hall–Kier alpha value is -1.25. The van der Waals surface area contributed by atoms with E-state index in [-0.39, 0.29) is 16.9 Å². The molecule has 1 aromatic heterocycles. The van der Waals surface area contributed by atoms with Crippen molar-refractivity contribution in [3.05, 3.63) is 18.5 Å². The lowest BCUT2D eigenvalue weighted by Gasteiger charge is -2.39. The van der Waals surface area contributed by atoms with Crippen LogP contribution in [-0.4, -0.2) is 59.3 Å². The van der Waals surface area contributed by atoms with Crippen molar-refractivity contribution in [1.82, 2.24) is 14.3 Å². The fourth-order valence-corrected chi connectivity index (χ4v) is 5.58. The van der Waals surface area contributed by atoms with Gasteiger partial charge in [0.15, 0.2) is 0 Å². The summed E-state index contributed by atoms with van der Waals surface area (Å²) < 4.78 is 32.7. The lowest BCUT2D eigenvalue weighted by atomic mass is 9.90. The van der Waals surface area contributed by atoms with Gasteiger partial charge in [0.05, 0.1) is 23.5 Å². The van der Waals surface area contributed by atoms with Gasteiger partial charge in [0.1, 0.15) is 0 Å². The van der Waals surface area contributed by atoms with Crippen molar-refractivity contribution in [3.63, 3.8) is 0 Å². The maximum Gasteiger partial charge on any atom is 0.222 e. The van der Waals surface area contributed by atoms with Crippen molar-refractivity contribution in [2.45, 2.75) is 49.0 Å². The molecule has 3 aliphatic rings. The fourth-order valence-electron chi connectivity index (χ4n) is 3.63. The van der Waals surface area contributed by atoms with Crippen LogP contribution < -0.4 is 5.32 Å². The Balaban J connectivity index is 1.43. The average molecular weight is 338 g/mol. The summed E-state index contributed by atoms with van der Waals surface area (Å²) in [6.07, 6.45) is 7.58. The number of piperidine rings is 1. The molecular weight excluding hydrogens is 316 g/mol. The largest absolute Gasteiger partial charge is 0.371 e. The quantitative estimate of drug-likeness (QED) is 0.882. The van der Waals surface area contributed by atoms with Crippen LogP contribution in [0.5, 0.6) is 0 Å². The summed E-state index contributed by atoms with van der Waals surface area (Å²) >= 11 is 0. The van der Waals surface area contributed by atoms with Crippen LogP contribution in [0.2, 0.25) is 0 Å². The molecule has 0 aromatic carbocycles. The Morgan fingerprint density at radius 2 is 2.09 bits per heavy atom. The lowest BCUT2D eigenvalue weighted by molar-refractivity contribution is -0.0329. The second-order valence-corrected chi connectivity index (χ2v) is 9.01. The number of nitrogens with one attached hydrogen (secondary N) is 1. The highest BCUT2D eigenvalue weighted by Gasteiger charge is 2.49. The summed E-state index contributed by atoms with van der Waals surface area (Å²) in [5.74, 6) is 0.594. The normalized spacial score (nSPS) is 32.3. The van der Waals surface area contributed by atoms with E-state index in [9.17, 15) is 8.42 Å². The zero-order chi connectivity index (χ0) is 15.9. The molecule has 4 rings (SSSR count). The molecule has 0 unspecified atom stereocenters. The van der Waals surface area contributed by atoms with Crippen molar-refractivity contribution in [2.75, 3.05) is 25.0 Å². The molecule has 0 radical (unpaired) electrons. The summed E-state index contributed by atoms with van der Waals surface area (Å²) in [5, 5.41) is 3.14. The van der Waals surface area contributed by atoms with Crippen molar-refractivity contribution in [2.24, 2.45) is 0 Å². The molecule has 1 spiro atoms. The van der Waals surface area contributed by atoms with Crippen molar-refractivity contribution in [3.8, 4) is 0 Å². The molecule has 7 nitrogen and oxygen atoms in total. The first-order valence-corrected chi connectivity index (χ1v) is 9.74. The minimum absolute atomic E-state index is 0.126. The number of rotatable bonds is 4. The molecule has 0 amide bonds. The van der Waals surface area contributed by atoms with Gasteiger partial charge in [-0.1, -0.05) is 0 Å². The molecule has 3 heterocycles. The third-order valence-corrected chi connectivity index (χ3v) is 7.26. The average Bonchev–Trinajstić information content (AvgIpc) is 3.34. The molecule has 23 heavy (non-hydrogen) atoms. The van der Waals surface area contributed by atoms with Crippen LogP contribution in [0.1, 0.15) is 32.1 Å². The van der Waals surface area contributed by atoms with Gasteiger partial charge in [-0.3, -0.25) is 0 Å². The van der Waals surface area contributed by atoms with Gasteiger partial charge >= 0.3 is 0 Å². The number of ether oxygens (including phenoxy) is 1. The van der Waals surface area contributed by atoms with Gasteiger partial charge in [0.25, 0.3) is 0 Å². The SMILES string of the molecule is O=S(=O)(C1CC1)N1CCC[C@@]2(C[C@@H](Nc3ncccn3)CO2)C1. The third kappa shape index (κ3) is 3.07. The molecule has 1 aliphatic carbocycles. The summed E-state index contributed by atoms with van der Waals surface area (Å²) in [6.45, 7) is 1.68. The van der Waals surface area contributed by atoms with Crippen LogP contribution >= 0.6 is 0 Å². The lowest BCUT2D eigenvalue weighted by Crippen LogP contribution is -2.51. The summed E-state index contributed by atoms with van der Waals surface area (Å²) in [4.78, 5) is 8.35. The van der Waals surface area contributed by atoms with Gasteiger partial charge in [-0.2, -0.15) is 4.31 Å². The summed E-state index contributed by atoms with van der Waals surface area (Å²) in [6, 6.07) is 1.90. The maximum absolute atomic E-state index is 12.5. The van der Waals surface area contributed by atoms with Crippen molar-refractivity contribution >= 4 is 16.0 Å². The number of nitrogens with zero attached hydrogens (tertiary/aromatic N) is 3. The van der Waals surface area contributed by atoms with Crippen LogP contribution in [0.3, 0.4) is 0 Å². The van der Waals surface area contributed by atoms with Gasteiger partial charge in [-0.15, -0.1) is 0 Å². The van der Waals surface area contributed by atoms with Gasteiger partial charge in [-0.25, -0.2) is 18.4 Å². The highest BCUT2D eigenvalue weighted by molar-refractivity contribution is 7.90. The van der Waals surface area contributed by atoms with E-state index >= 15 is 0 Å². The fraction of sp³-hybridized carbons (Fsp3) is 0.733. The van der Waals surface area contributed by atoms with E-state index in [4.69, 9.17) is 4.74 Å². The van der Waals surface area contributed by atoms with Crippen molar-refractivity contribution in [1.29, 1.82) is 0 Å². The number of hydrogen-bond acceptors (Lipinski definition) is 6. The molecule has 1 saturated carbocycles. The monoisotopic (exact) mass is 338 g/mol. The highest BCUT2D eigenvalue weighted by Crippen LogP contribution is 2.39. The Labute approximate surface area is 136 Å². The molecule has 2 saturated heterocycles. The second kappa shape index (κ2) is 5.68. The van der Waals surface area contributed by atoms with Crippen molar-refractivity contribution < 1.29 is 13.2 Å². The number of anilines is 1. The Bertz CT molecular complexity index is 665. The first-order chi connectivity index (χ1) is 11.1. The van der Waals surface area contributed by atoms with Crippen LogP contribution in [-0.2, 0) is 14.8 Å². The topological polar surface area (TPSA) is 84.4 Å². The predicted octanol–water partition coefficient (Wildman–Crippen LogP) is 1.00. The Morgan fingerprint density at radius 3 is 2.83 bits per heavy atom. The molecule has 0 bridgehead atoms. The minimum Gasteiger partial charge on any atom is -0.371 e. The Kier molecular flexibility index (Phi) is 3.78. The van der Waals surface area contributed by atoms with E-state index in [0.29, 0.717) is 25.6 Å². The zero-order valence-electron chi connectivity index (χ0n) is 13.0. The molecule has 2 atom stereocenters. The van der Waals surface area contributed by atoms with E-state index < -0.39 is 10.0 Å². The standard InChI is InChI=1S/C15H22N4O3S/c20-23(21,13-3-4-13)19-8-1-5-15(11-19)9-12(10-22-15)18-14-16-6-2-7-17-14/h2,6-7,12-13H,1,3-5,8-11H2,(H,16,17,18)/t12-,15-/m1/s1. The van der Waals surface area contributed by atoms with Gasteiger partial charge in [0.2, 0.25) is 16.0 Å². The number of aromatic nitrogens is 2. The second-order valence-electron chi connectivity index (χ2n) is 6.79. The van der Waals surface area contributed by atoms with E-state index in [0.717, 1.165) is 32.1 Å². The van der Waals surface area contributed by atoms with Gasteiger partial charge in [-0.05, 0) is 31.7 Å². The molecule has 3 fully saturated rings. The van der Waals surface area contributed by atoms with E-state index in [1.54, 1.807) is 22.8 Å². The highest BCUT2D eigenvalue weighted by atomic mass is 32.2. The zero-order valence-corrected chi connectivity index (χ0v) is 13.8. The number of hydrogen-bond donors (Lipinski definition) is 1. The number of sulfonamides is 1. The predicted molar refractivity (Wildman–Crippen MR) is 85.5 cm³/mol. The van der Waals surface area contributed by atoms with E-state index in [1.165, 1.54) is 0 Å². The first kappa shape index (κ1) is 15.3. The molecule has 1 N–H and O–H groups in total. The smallest absolute Gasteiger partial charge is 0.222 e. The third-order valence-electron chi connectivity index (χ3n) is 4.92. The van der Waals surface area contributed by atoms with E-state index in [1.807, 2.05) is 0 Å².